The second kappa shape index (κ2) is 2.70. The standard InChI is InChI=1S/C7H8N2O2/c1-4-2-3-5(10)6(9-8)7(4)11/h4H,2-3H2,1H3/p+1. The Hall–Kier alpha value is -1.37. The summed E-state index contributed by atoms with van der Waals surface area (Å²) < 4.78 is 0. The maximum Gasteiger partial charge on any atom is 0.464 e. The number of carbonyl (C=O) groups is 1. The molecule has 1 N–H and O–H groups in total. The minimum atomic E-state index is -0.289. The van der Waals surface area contributed by atoms with Crippen molar-refractivity contribution in [3.63, 3.8) is 0 Å². The van der Waals surface area contributed by atoms with Crippen molar-refractivity contribution in [3.8, 4) is 0 Å². The summed E-state index contributed by atoms with van der Waals surface area (Å²) in [6.45, 7) is 1.78. The second-order valence-electron chi connectivity index (χ2n) is 2.70. The molecule has 0 saturated heterocycles. The Labute approximate surface area is 64.1 Å². The first-order valence-electron chi connectivity index (χ1n) is 3.48. The van der Waals surface area contributed by atoms with Gasteiger partial charge >= 0.3 is 5.70 Å². The van der Waals surface area contributed by atoms with Crippen LogP contribution < -0.4 is 0 Å². The molecule has 0 spiro atoms. The van der Waals surface area contributed by atoms with Crippen molar-refractivity contribution >= 4 is 5.78 Å². The number of aliphatic hydroxyl groups is 1. The lowest BCUT2D eigenvalue weighted by atomic mass is 9.93. The summed E-state index contributed by atoms with van der Waals surface area (Å²) in [4.78, 5) is 13.6. The van der Waals surface area contributed by atoms with Crippen LogP contribution in [-0.2, 0) is 4.79 Å². The van der Waals surface area contributed by atoms with Gasteiger partial charge in [0.25, 0.3) is 5.78 Å². The smallest absolute Gasteiger partial charge is 0.464 e. The van der Waals surface area contributed by atoms with Gasteiger partial charge < -0.3 is 5.11 Å². The molecule has 0 aromatic rings. The van der Waals surface area contributed by atoms with E-state index in [1.54, 1.807) is 6.92 Å². The van der Waals surface area contributed by atoms with Crippen LogP contribution in [0.5, 0.6) is 0 Å². The van der Waals surface area contributed by atoms with Crippen molar-refractivity contribution in [3.05, 3.63) is 16.4 Å². The average Bonchev–Trinajstić information content (AvgIpc) is 1.99. The van der Waals surface area contributed by atoms with E-state index in [0.717, 1.165) is 0 Å². The Kier molecular flexibility index (Phi) is 1.90. The third-order valence-corrected chi connectivity index (χ3v) is 1.88. The number of Topliss-reactive ketones (excluding diaryl/α,β-unsaturated/α-hetero) is 1. The molecule has 0 saturated carbocycles. The number of allylic oxidation sites excluding steroid dienone is 2. The fourth-order valence-electron chi connectivity index (χ4n) is 1.09. The summed E-state index contributed by atoms with van der Waals surface area (Å²) in [6, 6.07) is 0. The van der Waals surface area contributed by atoms with Crippen molar-refractivity contribution < 1.29 is 9.90 Å². The number of nitrogens with zero attached hydrogens (tertiary/aromatic N) is 2. The van der Waals surface area contributed by atoms with E-state index < -0.39 is 0 Å². The quantitative estimate of drug-likeness (QED) is 0.537. The highest BCUT2D eigenvalue weighted by atomic mass is 16.3. The number of diazo groups is 1. The van der Waals surface area contributed by atoms with Gasteiger partial charge in [0.05, 0.1) is 0 Å². The van der Waals surface area contributed by atoms with Gasteiger partial charge in [-0.3, -0.25) is 4.79 Å². The number of hydrogen-bond acceptors (Lipinski definition) is 3. The molecule has 4 nitrogen and oxygen atoms in total. The van der Waals surface area contributed by atoms with Gasteiger partial charge in [-0.2, -0.15) is 0 Å². The second-order valence-corrected chi connectivity index (χ2v) is 2.70. The van der Waals surface area contributed by atoms with Crippen LogP contribution in [0.15, 0.2) is 11.5 Å². The van der Waals surface area contributed by atoms with Gasteiger partial charge in [0.1, 0.15) is 0 Å². The molecule has 0 aromatic heterocycles. The van der Waals surface area contributed by atoms with Gasteiger partial charge in [-0.15, -0.1) is 0 Å². The van der Waals surface area contributed by atoms with Crippen LogP contribution in [0.2, 0.25) is 0 Å². The third-order valence-electron chi connectivity index (χ3n) is 1.88. The summed E-state index contributed by atoms with van der Waals surface area (Å²) >= 11 is 0. The fourth-order valence-corrected chi connectivity index (χ4v) is 1.09. The molecule has 0 bridgehead atoms. The number of hydrogen-bond donors (Lipinski definition) is 1. The highest BCUT2D eigenvalue weighted by Crippen LogP contribution is 2.25. The summed E-state index contributed by atoms with van der Waals surface area (Å²) in [5, 5.41) is 17.5. The van der Waals surface area contributed by atoms with E-state index in [1.165, 1.54) is 0 Å². The lowest BCUT2D eigenvalue weighted by molar-refractivity contribution is -0.116. The normalized spacial score (nSPS) is 25.1. The lowest BCUT2D eigenvalue weighted by Crippen LogP contribution is -2.15. The van der Waals surface area contributed by atoms with E-state index in [-0.39, 0.29) is 23.2 Å². The summed E-state index contributed by atoms with van der Waals surface area (Å²) in [5.41, 5.74) is -0.177. The molecule has 0 aromatic carbocycles. The van der Waals surface area contributed by atoms with Crippen LogP contribution >= 0.6 is 0 Å². The monoisotopic (exact) mass is 153 g/mol. The zero-order valence-corrected chi connectivity index (χ0v) is 6.24. The van der Waals surface area contributed by atoms with Gasteiger partial charge in [0.15, 0.2) is 10.7 Å². The van der Waals surface area contributed by atoms with Gasteiger partial charge in [-0.05, 0) is 6.42 Å². The average molecular weight is 153 g/mol. The zero-order chi connectivity index (χ0) is 8.43. The molecule has 58 valence electrons. The highest BCUT2D eigenvalue weighted by molar-refractivity contribution is 5.98. The molecule has 0 aliphatic heterocycles. The molecule has 1 unspecified atom stereocenters. The van der Waals surface area contributed by atoms with Crippen LogP contribution in [0.3, 0.4) is 0 Å². The molecule has 0 amide bonds. The minimum absolute atomic E-state index is 0.0707. The predicted molar refractivity (Wildman–Crippen MR) is 38.1 cm³/mol. The fraction of sp³-hybridized carbons (Fsp3) is 0.571. The molecule has 4 heteroatoms. The van der Waals surface area contributed by atoms with Crippen LogP contribution in [-0.4, -0.2) is 10.9 Å². The van der Waals surface area contributed by atoms with Crippen LogP contribution in [0.25, 0.3) is 4.98 Å². The zero-order valence-electron chi connectivity index (χ0n) is 6.24. The van der Waals surface area contributed by atoms with Gasteiger partial charge in [-0.1, -0.05) is 6.92 Å². The topological polar surface area (TPSA) is 65.5 Å². The Balaban J connectivity index is 3.06. The summed E-state index contributed by atoms with van der Waals surface area (Å²) in [7, 11) is 0. The van der Waals surface area contributed by atoms with E-state index in [1.807, 2.05) is 0 Å². The molecule has 11 heavy (non-hydrogen) atoms. The number of carbonyl (C=O) groups excluding carboxylic acids is 1. The number of aliphatic hydroxyl groups excluding tert-OH is 1. The molecule has 0 fully saturated rings. The van der Waals surface area contributed by atoms with Gasteiger partial charge in [0, 0.05) is 12.3 Å². The SMILES string of the molecule is CC1CCC(=O)C([N+]#N)=C1O. The molecular formula is C7H9N2O2+. The summed E-state index contributed by atoms with van der Waals surface area (Å²) in [6.07, 6.45) is 0.980. The molecule has 1 rings (SSSR count). The van der Waals surface area contributed by atoms with Crippen molar-refractivity contribution in [1.82, 2.24) is 0 Å². The van der Waals surface area contributed by atoms with Crippen molar-refractivity contribution in [2.45, 2.75) is 19.8 Å². The molecule has 0 radical (unpaired) electrons. The Morgan fingerprint density at radius 3 is 2.82 bits per heavy atom. The van der Waals surface area contributed by atoms with E-state index in [9.17, 15) is 9.90 Å². The van der Waals surface area contributed by atoms with Gasteiger partial charge in [0.2, 0.25) is 5.39 Å². The first kappa shape index (κ1) is 7.73. The van der Waals surface area contributed by atoms with Crippen molar-refractivity contribution in [2.24, 2.45) is 5.92 Å². The minimum Gasteiger partial charge on any atom is -0.505 e. The van der Waals surface area contributed by atoms with E-state index in [2.05, 4.69) is 4.98 Å². The van der Waals surface area contributed by atoms with Gasteiger partial charge in [-0.25, -0.2) is 0 Å². The molecule has 1 atom stereocenters. The van der Waals surface area contributed by atoms with E-state index in [4.69, 9.17) is 5.39 Å². The van der Waals surface area contributed by atoms with Crippen molar-refractivity contribution in [2.75, 3.05) is 0 Å². The Morgan fingerprint density at radius 1 is 1.73 bits per heavy atom. The lowest BCUT2D eigenvalue weighted by Gasteiger charge is -2.10. The number of ketones is 1. The van der Waals surface area contributed by atoms with E-state index in [0.29, 0.717) is 12.8 Å². The van der Waals surface area contributed by atoms with Crippen molar-refractivity contribution in [1.29, 1.82) is 5.39 Å². The molecule has 1 aliphatic rings. The highest BCUT2D eigenvalue weighted by Gasteiger charge is 2.35. The van der Waals surface area contributed by atoms with Crippen LogP contribution in [0.4, 0.5) is 0 Å². The summed E-state index contributed by atoms with van der Waals surface area (Å²) in [5.74, 6) is -0.453. The van der Waals surface area contributed by atoms with Crippen LogP contribution in [0.1, 0.15) is 19.8 Å². The molecular weight excluding hydrogens is 144 g/mol. The first-order chi connectivity index (χ1) is 5.16. The van der Waals surface area contributed by atoms with E-state index >= 15 is 0 Å². The Morgan fingerprint density at radius 2 is 2.36 bits per heavy atom. The molecule has 0 heterocycles. The maximum atomic E-state index is 10.9. The maximum absolute atomic E-state index is 10.9. The van der Waals surface area contributed by atoms with Crippen LogP contribution in [0, 0.1) is 11.3 Å². The third kappa shape index (κ3) is 1.22. The largest absolute Gasteiger partial charge is 0.505 e. The molecule has 1 aliphatic carbocycles. The first-order valence-corrected chi connectivity index (χ1v) is 3.48. The number of rotatable bonds is 0. The Bertz CT molecular complexity index is 262. The predicted octanol–water partition coefficient (Wildman–Crippen LogP) is 1.61.